The van der Waals surface area contributed by atoms with Gasteiger partial charge in [0.2, 0.25) is 0 Å². The summed E-state index contributed by atoms with van der Waals surface area (Å²) in [5, 5.41) is 114. The molecule has 14 N–H and O–H groups in total. The monoisotopic (exact) mass is 1350 g/mol. The number of hydrogen-bond donors (Lipinski definition) is 13. The van der Waals surface area contributed by atoms with Crippen molar-refractivity contribution in [1.29, 1.82) is 0 Å². The van der Waals surface area contributed by atoms with Crippen molar-refractivity contribution in [2.24, 2.45) is 5.73 Å². The van der Waals surface area contributed by atoms with E-state index in [0.717, 1.165) is 38.5 Å². The molecule has 1 amide bonds. The summed E-state index contributed by atoms with van der Waals surface area (Å²) in [4.78, 5) is 24.2. The summed E-state index contributed by atoms with van der Waals surface area (Å²) in [5.41, 5.74) is 6.06. The SMILES string of the molecule is CC#CC#CC#CC#CC#CC#CC#CC#CC#CC#CC#CC(=O)N[C@@H](CO[C@H]1OC(CO)[C@H](O)[C@H](O)C1O)[C@H](O)[C@H](O)CCCCCCCCCCCCCC.CCCCCCCCCCCCCC[C@@H](OC(C)=O)[C@@H](O)[C@@H](N)CO[C@H]1OC(CO)[C@H](O)[C@H](O)C1O.[HH].[HH].[HH].[HH].[HH].[HH].[HH].[HH].[HH].[HH].[HH].[HH].[HH].[HH].[HH].[HH].[HH].[HH].[HH].[HH].[HH].[HH]. The molecular weight excluding hydrogens is 1200 g/mol. The number of rotatable bonds is 40. The molecular formula is C74H146N2O18. The second kappa shape index (κ2) is 56.8. The first kappa shape index (κ1) is 85.5. The van der Waals surface area contributed by atoms with Crippen LogP contribution in [0.15, 0.2) is 0 Å². The summed E-state index contributed by atoms with van der Waals surface area (Å²) in [7, 11) is 0. The summed E-state index contributed by atoms with van der Waals surface area (Å²) >= 11 is 0. The van der Waals surface area contributed by atoms with Crippen LogP contribution in [-0.4, -0.2) is 192 Å². The number of unbranched alkanes of at least 4 members (excludes halogenated alkanes) is 22. The van der Waals surface area contributed by atoms with Crippen LogP contribution in [0, 0.1) is 130 Å². The Morgan fingerprint density at radius 2 is 0.787 bits per heavy atom. The fourth-order valence-corrected chi connectivity index (χ4v) is 9.66. The lowest BCUT2D eigenvalue weighted by molar-refractivity contribution is -0.303. The Morgan fingerprint density at radius 1 is 0.457 bits per heavy atom. The molecule has 2 saturated heterocycles. The molecule has 20 nitrogen and oxygen atoms in total. The van der Waals surface area contributed by atoms with E-state index in [1.807, 2.05) is 0 Å². The fraction of sp³-hybridized carbons (Fsp3) is 0.676. The van der Waals surface area contributed by atoms with Gasteiger partial charge in [-0.2, -0.15) is 0 Å². The van der Waals surface area contributed by atoms with Crippen LogP contribution in [0.5, 0.6) is 0 Å². The Bertz CT molecular complexity index is 2960. The molecule has 0 saturated carbocycles. The van der Waals surface area contributed by atoms with Crippen LogP contribution in [-0.2, 0) is 33.3 Å². The van der Waals surface area contributed by atoms with Gasteiger partial charge in [-0.25, -0.2) is 0 Å². The number of aliphatic hydroxyl groups excluding tert-OH is 11. The largest absolute Gasteiger partial charge is 0.460 e. The van der Waals surface area contributed by atoms with Gasteiger partial charge in [0.15, 0.2) is 12.6 Å². The highest BCUT2D eigenvalue weighted by atomic mass is 16.7. The smallest absolute Gasteiger partial charge is 0.302 e. The molecule has 94 heavy (non-hydrogen) atoms. The molecule has 560 valence electrons. The third kappa shape index (κ3) is 40.7. The zero-order chi connectivity index (χ0) is 69.4. The van der Waals surface area contributed by atoms with Crippen LogP contribution in [0.3, 0.4) is 0 Å². The average Bonchev–Trinajstić information content (AvgIpc) is 0.823. The van der Waals surface area contributed by atoms with Gasteiger partial charge in [0.25, 0.3) is 5.91 Å². The van der Waals surface area contributed by atoms with Gasteiger partial charge in [-0.05, 0) is 121 Å². The number of aliphatic hydroxyl groups is 11. The van der Waals surface area contributed by atoms with E-state index in [4.69, 9.17) is 29.4 Å². The third-order valence-electron chi connectivity index (χ3n) is 15.0. The predicted octanol–water partition coefficient (Wildman–Crippen LogP) is 8.08. The maximum Gasteiger partial charge on any atom is 0.302 e. The Morgan fingerprint density at radius 3 is 1.14 bits per heavy atom. The Balaban J connectivity index is -0.0000000681. The van der Waals surface area contributed by atoms with Gasteiger partial charge in [-0.15, -0.1) is 0 Å². The topological polar surface area (TPSA) is 341 Å². The van der Waals surface area contributed by atoms with Crippen molar-refractivity contribution < 1.29 is 121 Å². The molecule has 20 heteroatoms. The van der Waals surface area contributed by atoms with E-state index in [1.165, 1.54) is 116 Å². The summed E-state index contributed by atoms with van der Waals surface area (Å²) in [5.74, 6) is 52.9. The van der Waals surface area contributed by atoms with Crippen LogP contribution >= 0.6 is 0 Å². The maximum absolute atomic E-state index is 12.7. The quantitative estimate of drug-likeness (QED) is 0.0157. The highest BCUT2D eigenvalue weighted by Gasteiger charge is 2.46. The lowest BCUT2D eigenvalue weighted by atomic mass is 9.98. The van der Waals surface area contributed by atoms with Crippen molar-refractivity contribution in [3.05, 3.63) is 0 Å². The van der Waals surface area contributed by atoms with Gasteiger partial charge < -0.3 is 90.9 Å². The second-order valence-electron chi connectivity index (χ2n) is 22.7. The van der Waals surface area contributed by atoms with E-state index in [-0.39, 0.29) is 44.4 Å². The van der Waals surface area contributed by atoms with Crippen LogP contribution in [0.4, 0.5) is 0 Å². The van der Waals surface area contributed by atoms with Crippen molar-refractivity contribution >= 4 is 11.9 Å². The summed E-state index contributed by atoms with van der Waals surface area (Å²) in [6.45, 7) is 5.40. The Kier molecular flexibility index (Phi) is 51.6. The van der Waals surface area contributed by atoms with Gasteiger partial charge in [-0.3, -0.25) is 9.59 Å². The van der Waals surface area contributed by atoms with E-state index in [9.17, 15) is 65.8 Å². The van der Waals surface area contributed by atoms with Crippen LogP contribution in [0.1, 0.15) is 226 Å². The average molecular weight is 1350 g/mol. The molecule has 0 aromatic heterocycles. The fourth-order valence-electron chi connectivity index (χ4n) is 9.66. The van der Waals surface area contributed by atoms with Crippen molar-refractivity contribution in [2.45, 2.75) is 293 Å². The van der Waals surface area contributed by atoms with E-state index < -0.39 is 130 Å². The molecule has 0 bridgehead atoms. The minimum atomic E-state index is -1.70. The van der Waals surface area contributed by atoms with Crippen molar-refractivity contribution in [1.82, 2.24) is 5.32 Å². The van der Waals surface area contributed by atoms with E-state index in [0.29, 0.717) is 12.8 Å². The standard InChI is InChI=1S/C48H51NO9.C26H51NO9.22H2/c1-3-5-7-9-11-13-15-17-18-19-20-21-22-23-24-25-27-29-31-33-35-37-43(52)49-40(39-57-48-47(56)46(55)45(54)42(38-50)58-48)44(53)41(51)36-34-32-30-28-26-16-14-12-10-8-6-4-2;1-3-4-5-6-7-8-9-10-11-12-13-14-15-20(35-18(2)29)22(30)19(27)17-34-26-25(33)24(32)23(31)21(16-28)36-26;;;;;;;;;;;;;;;;;;;;;;/h40-42,44-48,50-51,53-56H,4,6,8,10,12,14,16,26,28,30,32,34,36,38-39H2,1-2H3,(H,49,52);19-26,28,30-33H,3-17,27H2,1-2H3;22*1H/t40-,41+,42?,44-,45-,46-,47?,48-;19-,20+,21?,22-,23-,24-,25?,26-;;;;;;;;;;;;;;;;;;;;;;/m00....................../s1. The molecule has 2 heterocycles. The molecule has 0 aromatic rings. The number of amides is 1. The normalized spacial score (nSPS) is 21.6. The first-order valence-electron chi connectivity index (χ1n) is 33.0. The summed E-state index contributed by atoms with van der Waals surface area (Å²) < 4.78 is 26.9. The van der Waals surface area contributed by atoms with E-state index in [2.05, 4.69) is 149 Å². The van der Waals surface area contributed by atoms with Gasteiger partial charge in [0, 0.05) is 67.9 Å². The number of carbonyl (C=O) groups excluding carboxylic acids is 2. The highest BCUT2D eigenvalue weighted by Crippen LogP contribution is 2.25. The zero-order valence-electron chi connectivity index (χ0n) is 55.3. The lowest BCUT2D eigenvalue weighted by Gasteiger charge is -2.40. The third-order valence-corrected chi connectivity index (χ3v) is 15.0. The van der Waals surface area contributed by atoms with Crippen molar-refractivity contribution in [2.75, 3.05) is 26.4 Å². The predicted molar refractivity (Wildman–Crippen MR) is 402 cm³/mol. The Hall–Kier alpha value is -6.54. The number of esters is 1. The lowest BCUT2D eigenvalue weighted by Crippen LogP contribution is -2.60. The van der Waals surface area contributed by atoms with Gasteiger partial charge >= 0.3 is 5.97 Å². The minimum Gasteiger partial charge on any atom is -0.460 e. The number of nitrogens with two attached hydrogens (primary N) is 1. The second-order valence-corrected chi connectivity index (χ2v) is 22.7. The molecule has 2 aliphatic rings. The molecule has 2 fully saturated rings. The van der Waals surface area contributed by atoms with E-state index in [1.54, 1.807) is 6.92 Å². The Labute approximate surface area is 592 Å². The molecule has 0 aromatic carbocycles. The van der Waals surface area contributed by atoms with Gasteiger partial charge in [0.05, 0.1) is 44.6 Å². The molecule has 0 radical (unpaired) electrons. The first-order valence-corrected chi connectivity index (χ1v) is 33.0. The maximum atomic E-state index is 12.7. The molecule has 4 unspecified atom stereocenters. The molecule has 0 aliphatic carbocycles. The number of ether oxygens (including phenoxy) is 5. The molecule has 2 aliphatic heterocycles. The first-order chi connectivity index (χ1) is 45.5. The zero-order valence-corrected chi connectivity index (χ0v) is 55.3. The molecule has 16 atom stereocenters. The number of hydrogen-bond acceptors (Lipinski definition) is 19. The molecule has 0 spiro atoms. The summed E-state index contributed by atoms with van der Waals surface area (Å²) in [6.07, 6.45) is 9.32. The highest BCUT2D eigenvalue weighted by molar-refractivity contribution is 5.94. The number of nitrogens with one attached hydrogen (secondary N) is 1. The van der Waals surface area contributed by atoms with E-state index >= 15 is 0 Å². The minimum absolute atomic E-state index is 0. The number of carbonyl (C=O) groups is 2. The van der Waals surface area contributed by atoms with Crippen molar-refractivity contribution in [3.63, 3.8) is 0 Å². The van der Waals surface area contributed by atoms with Gasteiger partial charge in [0.1, 0.15) is 67.1 Å². The van der Waals surface area contributed by atoms with Crippen LogP contribution < -0.4 is 11.1 Å². The van der Waals surface area contributed by atoms with Crippen molar-refractivity contribution in [3.8, 4) is 130 Å². The molecule has 2 rings (SSSR count). The van der Waals surface area contributed by atoms with Crippen LogP contribution in [0.2, 0.25) is 0 Å². The summed E-state index contributed by atoms with van der Waals surface area (Å²) in [6, 6.07) is -2.19. The van der Waals surface area contributed by atoms with Crippen LogP contribution in [0.25, 0.3) is 0 Å². The van der Waals surface area contributed by atoms with Gasteiger partial charge in [-0.1, -0.05) is 167 Å².